The van der Waals surface area contributed by atoms with Gasteiger partial charge in [0.25, 0.3) is 0 Å². The van der Waals surface area contributed by atoms with Gasteiger partial charge in [0.05, 0.1) is 5.69 Å². The fourth-order valence-corrected chi connectivity index (χ4v) is 1.47. The monoisotopic (exact) mass is 231 g/mol. The second-order valence-corrected chi connectivity index (χ2v) is 3.68. The third kappa shape index (κ3) is 1.96. The molecule has 0 amide bonds. The van der Waals surface area contributed by atoms with Crippen molar-refractivity contribution in [2.75, 3.05) is 0 Å². The topological polar surface area (TPSA) is 89.3 Å². The smallest absolute Gasteiger partial charge is 0.171 e. The number of nitrogens with two attached hydrogens (primary N) is 1. The van der Waals surface area contributed by atoms with Crippen molar-refractivity contribution in [1.82, 2.24) is 14.5 Å². The molecule has 2 aromatic heterocycles. The number of hydrogen-bond donors (Lipinski definition) is 2. The van der Waals surface area contributed by atoms with Crippen molar-refractivity contribution in [2.45, 2.75) is 13.8 Å². The number of imidazole rings is 1. The molecule has 0 fully saturated rings. The fourth-order valence-electron chi connectivity index (χ4n) is 1.47. The first-order valence-corrected chi connectivity index (χ1v) is 5.08. The van der Waals surface area contributed by atoms with Crippen molar-refractivity contribution in [2.24, 2.45) is 10.9 Å². The van der Waals surface area contributed by atoms with Crippen LogP contribution in [-0.4, -0.2) is 25.6 Å². The van der Waals surface area contributed by atoms with Crippen LogP contribution in [0, 0.1) is 13.8 Å². The van der Waals surface area contributed by atoms with E-state index in [1.807, 2.05) is 18.4 Å². The van der Waals surface area contributed by atoms with E-state index >= 15 is 0 Å². The maximum Gasteiger partial charge on any atom is 0.171 e. The molecule has 0 radical (unpaired) electrons. The van der Waals surface area contributed by atoms with Crippen LogP contribution in [0.4, 0.5) is 0 Å². The summed E-state index contributed by atoms with van der Waals surface area (Å²) in [4.78, 5) is 8.44. The number of amidine groups is 1. The quantitative estimate of drug-likeness (QED) is 0.349. The maximum atomic E-state index is 8.54. The number of aromatic nitrogens is 3. The van der Waals surface area contributed by atoms with Crippen molar-refractivity contribution in [3.63, 3.8) is 0 Å². The molecule has 6 nitrogen and oxygen atoms in total. The highest BCUT2D eigenvalue weighted by molar-refractivity contribution is 5.96. The summed E-state index contributed by atoms with van der Waals surface area (Å²) in [5.41, 5.74) is 8.03. The zero-order valence-electron chi connectivity index (χ0n) is 9.62. The first-order valence-electron chi connectivity index (χ1n) is 5.08. The van der Waals surface area contributed by atoms with Gasteiger partial charge in [0.2, 0.25) is 0 Å². The van der Waals surface area contributed by atoms with E-state index in [9.17, 15) is 0 Å². The van der Waals surface area contributed by atoms with E-state index in [0.29, 0.717) is 5.56 Å². The molecular formula is C11H13N5O. The van der Waals surface area contributed by atoms with Crippen molar-refractivity contribution < 1.29 is 5.21 Å². The predicted octanol–water partition coefficient (Wildman–Crippen LogP) is 0.979. The molecule has 6 heteroatoms. The van der Waals surface area contributed by atoms with Crippen LogP contribution in [0.25, 0.3) is 5.82 Å². The summed E-state index contributed by atoms with van der Waals surface area (Å²) in [6, 6.07) is 3.54. The molecule has 0 unspecified atom stereocenters. The second kappa shape index (κ2) is 4.25. The van der Waals surface area contributed by atoms with E-state index in [-0.39, 0.29) is 5.84 Å². The number of pyridine rings is 1. The van der Waals surface area contributed by atoms with Crippen molar-refractivity contribution in [3.05, 3.63) is 41.6 Å². The number of rotatable bonds is 2. The highest BCUT2D eigenvalue weighted by Gasteiger charge is 2.06. The van der Waals surface area contributed by atoms with Gasteiger partial charge in [-0.3, -0.25) is 4.57 Å². The van der Waals surface area contributed by atoms with Crippen molar-refractivity contribution in [1.29, 1.82) is 0 Å². The lowest BCUT2D eigenvalue weighted by molar-refractivity contribution is 0.318. The van der Waals surface area contributed by atoms with Crippen LogP contribution in [0.15, 0.2) is 29.8 Å². The molecule has 0 aromatic carbocycles. The number of hydrogen-bond acceptors (Lipinski definition) is 4. The van der Waals surface area contributed by atoms with Gasteiger partial charge in [-0.2, -0.15) is 0 Å². The molecular weight excluding hydrogens is 218 g/mol. The molecule has 2 aromatic rings. The lowest BCUT2D eigenvalue weighted by atomic mass is 10.2. The summed E-state index contributed by atoms with van der Waals surface area (Å²) in [6.07, 6.45) is 3.27. The average Bonchev–Trinajstić information content (AvgIpc) is 2.69. The Bertz CT molecular complexity index is 556. The van der Waals surface area contributed by atoms with Crippen LogP contribution in [0.2, 0.25) is 0 Å². The Hall–Kier alpha value is -2.37. The van der Waals surface area contributed by atoms with Gasteiger partial charge in [-0.05, 0) is 26.0 Å². The van der Waals surface area contributed by atoms with Gasteiger partial charge in [0.1, 0.15) is 12.1 Å². The molecule has 0 saturated carbocycles. The van der Waals surface area contributed by atoms with E-state index in [1.54, 1.807) is 24.7 Å². The minimum atomic E-state index is 0.0441. The molecule has 0 aliphatic heterocycles. The minimum Gasteiger partial charge on any atom is -0.409 e. The molecule has 0 atom stereocenters. The number of aryl methyl sites for hydroxylation is 1. The van der Waals surface area contributed by atoms with E-state index in [0.717, 1.165) is 17.2 Å². The molecule has 88 valence electrons. The summed E-state index contributed by atoms with van der Waals surface area (Å²) in [6.45, 7) is 3.91. The molecule has 0 spiro atoms. The largest absolute Gasteiger partial charge is 0.409 e. The predicted molar refractivity (Wildman–Crippen MR) is 63.3 cm³/mol. The first-order chi connectivity index (χ1) is 8.13. The highest BCUT2D eigenvalue weighted by atomic mass is 16.4. The fraction of sp³-hybridized carbons (Fsp3) is 0.182. The lowest BCUT2D eigenvalue weighted by Crippen LogP contribution is -2.13. The molecule has 2 rings (SSSR count). The third-order valence-corrected chi connectivity index (χ3v) is 2.65. The van der Waals surface area contributed by atoms with E-state index in [1.165, 1.54) is 0 Å². The summed E-state index contributed by atoms with van der Waals surface area (Å²) in [7, 11) is 0. The number of oxime groups is 1. The molecule has 0 bridgehead atoms. The van der Waals surface area contributed by atoms with Gasteiger partial charge in [-0.25, -0.2) is 9.97 Å². The van der Waals surface area contributed by atoms with Crippen molar-refractivity contribution in [3.8, 4) is 5.82 Å². The zero-order chi connectivity index (χ0) is 12.4. The summed E-state index contributed by atoms with van der Waals surface area (Å²) in [5, 5.41) is 11.5. The van der Waals surface area contributed by atoms with Gasteiger partial charge in [0, 0.05) is 17.5 Å². The molecule has 3 N–H and O–H groups in total. The molecule has 0 aliphatic rings. The van der Waals surface area contributed by atoms with E-state index in [4.69, 9.17) is 10.9 Å². The number of nitrogens with zero attached hydrogens (tertiary/aromatic N) is 4. The maximum absolute atomic E-state index is 8.54. The summed E-state index contributed by atoms with van der Waals surface area (Å²) in [5.74, 6) is 0.792. The molecule has 17 heavy (non-hydrogen) atoms. The van der Waals surface area contributed by atoms with Crippen LogP contribution in [-0.2, 0) is 0 Å². The standard InChI is InChI=1S/C11H13N5O/c1-7-8(2)16(6-14-7)10-4-3-9(5-13-10)11(12)15-17/h3-6,17H,1-2H3,(H2,12,15). The van der Waals surface area contributed by atoms with Gasteiger partial charge in [-0.15, -0.1) is 0 Å². The van der Waals surface area contributed by atoms with Gasteiger partial charge in [0.15, 0.2) is 5.84 Å². The van der Waals surface area contributed by atoms with Crippen LogP contribution < -0.4 is 5.73 Å². The zero-order valence-corrected chi connectivity index (χ0v) is 9.62. The van der Waals surface area contributed by atoms with Gasteiger partial charge >= 0.3 is 0 Å². The van der Waals surface area contributed by atoms with Crippen LogP contribution in [0.1, 0.15) is 17.0 Å². The van der Waals surface area contributed by atoms with E-state index < -0.39 is 0 Å². The molecule has 2 heterocycles. The first kappa shape index (κ1) is 11.1. The Morgan fingerprint density at radius 2 is 2.12 bits per heavy atom. The minimum absolute atomic E-state index is 0.0441. The summed E-state index contributed by atoms with van der Waals surface area (Å²) >= 11 is 0. The lowest BCUT2D eigenvalue weighted by Gasteiger charge is -2.05. The Morgan fingerprint density at radius 3 is 2.59 bits per heavy atom. The van der Waals surface area contributed by atoms with Gasteiger partial charge in [-0.1, -0.05) is 5.16 Å². The Morgan fingerprint density at radius 1 is 1.35 bits per heavy atom. The second-order valence-electron chi connectivity index (χ2n) is 3.68. The van der Waals surface area contributed by atoms with Crippen molar-refractivity contribution >= 4 is 5.84 Å². The molecule has 0 saturated heterocycles. The van der Waals surface area contributed by atoms with E-state index in [2.05, 4.69) is 15.1 Å². The Kier molecular flexibility index (Phi) is 2.78. The SMILES string of the molecule is Cc1ncn(-c2ccc(C(N)=NO)cn2)c1C. The van der Waals surface area contributed by atoms with Crippen LogP contribution in [0.3, 0.4) is 0 Å². The van der Waals surface area contributed by atoms with Crippen LogP contribution in [0.5, 0.6) is 0 Å². The Labute approximate surface area is 98.4 Å². The Balaban J connectivity index is 2.39. The average molecular weight is 231 g/mol. The highest BCUT2D eigenvalue weighted by Crippen LogP contribution is 2.11. The van der Waals surface area contributed by atoms with Crippen LogP contribution >= 0.6 is 0 Å². The summed E-state index contributed by atoms with van der Waals surface area (Å²) < 4.78 is 1.88. The molecule has 0 aliphatic carbocycles. The normalized spacial score (nSPS) is 11.8. The third-order valence-electron chi connectivity index (χ3n) is 2.65. The van der Waals surface area contributed by atoms with Gasteiger partial charge < -0.3 is 10.9 Å².